The largest absolute Gasteiger partial charge is 0.507 e. The monoisotopic (exact) mass is 298 g/mol. The van der Waals surface area contributed by atoms with E-state index in [-0.39, 0.29) is 6.61 Å². The molecule has 0 saturated heterocycles. The van der Waals surface area contributed by atoms with Crippen LogP contribution in [0.3, 0.4) is 0 Å². The maximum atomic E-state index is 12.5. The highest BCUT2D eigenvalue weighted by Crippen LogP contribution is 2.36. The third-order valence-electron chi connectivity index (χ3n) is 2.83. The summed E-state index contributed by atoms with van der Waals surface area (Å²) in [5.74, 6) is 0.419. The second-order valence-corrected chi connectivity index (χ2v) is 4.31. The molecule has 2 rings (SSSR count). The molecule has 0 atom stereocenters. The van der Waals surface area contributed by atoms with Gasteiger partial charge in [-0.2, -0.15) is 13.2 Å². The average molecular weight is 298 g/mol. The average Bonchev–Trinajstić information content (AvgIpc) is 2.44. The first-order chi connectivity index (χ1) is 9.90. The number of ether oxygens (including phenoxy) is 2. The van der Waals surface area contributed by atoms with Crippen molar-refractivity contribution in [3.8, 4) is 17.2 Å². The quantitative estimate of drug-likeness (QED) is 0.927. The van der Waals surface area contributed by atoms with Crippen molar-refractivity contribution in [1.82, 2.24) is 0 Å². The molecule has 0 unspecified atom stereocenters. The van der Waals surface area contributed by atoms with Crippen molar-refractivity contribution in [2.75, 3.05) is 7.11 Å². The third-order valence-corrected chi connectivity index (χ3v) is 2.83. The van der Waals surface area contributed by atoms with Gasteiger partial charge in [-0.05, 0) is 42.0 Å². The number of hydrogen-bond acceptors (Lipinski definition) is 3. The highest BCUT2D eigenvalue weighted by atomic mass is 19.4. The topological polar surface area (TPSA) is 38.7 Å². The Hall–Kier alpha value is -2.37. The Labute approximate surface area is 119 Å². The van der Waals surface area contributed by atoms with Gasteiger partial charge in [-0.1, -0.05) is 6.07 Å². The van der Waals surface area contributed by atoms with Crippen LogP contribution in [0.25, 0.3) is 0 Å². The first kappa shape index (κ1) is 15.0. The lowest BCUT2D eigenvalue weighted by Gasteiger charge is -2.11. The van der Waals surface area contributed by atoms with E-state index in [1.807, 2.05) is 0 Å². The molecule has 6 heteroatoms. The second-order valence-electron chi connectivity index (χ2n) is 4.31. The van der Waals surface area contributed by atoms with Gasteiger partial charge >= 0.3 is 6.18 Å². The van der Waals surface area contributed by atoms with Crippen molar-refractivity contribution in [3.63, 3.8) is 0 Å². The molecule has 0 aliphatic rings. The fourth-order valence-corrected chi connectivity index (χ4v) is 1.75. The number of benzene rings is 2. The highest BCUT2D eigenvalue weighted by Gasteiger charge is 2.33. The van der Waals surface area contributed by atoms with Crippen LogP contribution in [0.1, 0.15) is 11.1 Å². The summed E-state index contributed by atoms with van der Waals surface area (Å²) in [7, 11) is 1.54. The van der Waals surface area contributed by atoms with E-state index in [1.54, 1.807) is 31.4 Å². The highest BCUT2D eigenvalue weighted by molar-refractivity contribution is 5.38. The molecule has 1 N–H and O–H groups in total. The van der Waals surface area contributed by atoms with Crippen LogP contribution >= 0.6 is 0 Å². The van der Waals surface area contributed by atoms with Gasteiger partial charge in [-0.15, -0.1) is 0 Å². The van der Waals surface area contributed by atoms with Crippen molar-refractivity contribution >= 4 is 0 Å². The van der Waals surface area contributed by atoms with E-state index in [9.17, 15) is 18.3 Å². The lowest BCUT2D eigenvalue weighted by molar-refractivity contribution is -0.138. The molecule has 0 saturated carbocycles. The molecule has 0 spiro atoms. The Bertz CT molecular complexity index is 607. The first-order valence-corrected chi connectivity index (χ1v) is 6.06. The van der Waals surface area contributed by atoms with Gasteiger partial charge in [0.25, 0.3) is 0 Å². The summed E-state index contributed by atoms with van der Waals surface area (Å²) in [5.41, 5.74) is -0.619. The van der Waals surface area contributed by atoms with Gasteiger partial charge in [-0.25, -0.2) is 0 Å². The van der Waals surface area contributed by atoms with E-state index in [2.05, 4.69) is 0 Å². The van der Waals surface area contributed by atoms with Gasteiger partial charge in [0.1, 0.15) is 23.9 Å². The molecule has 0 amide bonds. The number of phenols is 1. The summed E-state index contributed by atoms with van der Waals surface area (Å²) >= 11 is 0. The lowest BCUT2D eigenvalue weighted by Crippen LogP contribution is -2.06. The third kappa shape index (κ3) is 3.81. The van der Waals surface area contributed by atoms with E-state index in [4.69, 9.17) is 9.47 Å². The van der Waals surface area contributed by atoms with Crippen LogP contribution in [0.5, 0.6) is 17.2 Å². The van der Waals surface area contributed by atoms with E-state index < -0.39 is 17.5 Å². The zero-order valence-electron chi connectivity index (χ0n) is 11.1. The van der Waals surface area contributed by atoms with Gasteiger partial charge in [0.05, 0.1) is 12.7 Å². The van der Waals surface area contributed by atoms with Crippen molar-refractivity contribution < 1.29 is 27.8 Å². The number of hydrogen-bond donors (Lipinski definition) is 1. The SMILES string of the molecule is COc1ccc(OCc2ccc(C(F)(F)F)c(O)c2)cc1. The maximum Gasteiger partial charge on any atom is 0.419 e. The summed E-state index contributed by atoms with van der Waals surface area (Å²) in [6, 6.07) is 9.94. The standard InChI is InChI=1S/C15H13F3O3/c1-20-11-3-5-12(6-4-11)21-9-10-2-7-13(14(19)8-10)15(16,17)18/h2-8,19H,9H2,1H3. The Morgan fingerprint density at radius 2 is 1.62 bits per heavy atom. The molecule has 0 radical (unpaired) electrons. The predicted molar refractivity (Wildman–Crippen MR) is 70.4 cm³/mol. The van der Waals surface area contributed by atoms with Crippen LogP contribution in [0.4, 0.5) is 13.2 Å². The summed E-state index contributed by atoms with van der Waals surface area (Å²) < 4.78 is 47.9. The zero-order valence-corrected chi connectivity index (χ0v) is 11.1. The van der Waals surface area contributed by atoms with Gasteiger partial charge in [0.15, 0.2) is 0 Å². The van der Waals surface area contributed by atoms with Gasteiger partial charge < -0.3 is 14.6 Å². The van der Waals surface area contributed by atoms with Crippen LogP contribution in [0.2, 0.25) is 0 Å². The van der Waals surface area contributed by atoms with Crippen molar-refractivity contribution in [3.05, 3.63) is 53.6 Å². The molecule has 112 valence electrons. The van der Waals surface area contributed by atoms with E-state index in [0.717, 1.165) is 12.1 Å². The lowest BCUT2D eigenvalue weighted by atomic mass is 10.1. The molecule has 0 aliphatic heterocycles. The van der Waals surface area contributed by atoms with Crippen LogP contribution in [0.15, 0.2) is 42.5 Å². The number of halogens is 3. The van der Waals surface area contributed by atoms with Crippen LogP contribution in [-0.2, 0) is 12.8 Å². The fourth-order valence-electron chi connectivity index (χ4n) is 1.75. The summed E-state index contributed by atoms with van der Waals surface area (Å²) in [6.45, 7) is 0.0536. The normalized spacial score (nSPS) is 11.2. The summed E-state index contributed by atoms with van der Waals surface area (Å²) in [5, 5.41) is 9.40. The van der Waals surface area contributed by atoms with Crippen molar-refractivity contribution in [1.29, 1.82) is 0 Å². The first-order valence-electron chi connectivity index (χ1n) is 6.06. The number of alkyl halides is 3. The molecule has 3 nitrogen and oxygen atoms in total. The van der Waals surface area contributed by atoms with Crippen molar-refractivity contribution in [2.45, 2.75) is 12.8 Å². The number of phenolic OH excluding ortho intramolecular Hbond substituents is 1. The van der Waals surface area contributed by atoms with Gasteiger partial charge in [0.2, 0.25) is 0 Å². The number of rotatable bonds is 4. The molecule has 0 heterocycles. The van der Waals surface area contributed by atoms with Gasteiger partial charge in [0, 0.05) is 0 Å². The zero-order chi connectivity index (χ0) is 15.5. The minimum absolute atomic E-state index is 0.0536. The Balaban J connectivity index is 2.05. The molecule has 0 aliphatic carbocycles. The summed E-state index contributed by atoms with van der Waals surface area (Å²) in [6.07, 6.45) is -4.57. The second kappa shape index (κ2) is 5.95. The van der Waals surface area contributed by atoms with Crippen LogP contribution < -0.4 is 9.47 Å². The van der Waals surface area contributed by atoms with E-state index in [1.165, 1.54) is 6.07 Å². The molecule has 0 bridgehead atoms. The molecule has 21 heavy (non-hydrogen) atoms. The molecule has 2 aromatic carbocycles. The van der Waals surface area contributed by atoms with Crippen LogP contribution in [0, 0.1) is 0 Å². The minimum atomic E-state index is -4.57. The van der Waals surface area contributed by atoms with E-state index >= 15 is 0 Å². The Morgan fingerprint density at radius 1 is 1.00 bits per heavy atom. The predicted octanol–water partition coefficient (Wildman–Crippen LogP) is 4.00. The maximum absolute atomic E-state index is 12.5. The van der Waals surface area contributed by atoms with Gasteiger partial charge in [-0.3, -0.25) is 0 Å². The smallest absolute Gasteiger partial charge is 0.419 e. The molecular weight excluding hydrogens is 285 g/mol. The number of methoxy groups -OCH3 is 1. The minimum Gasteiger partial charge on any atom is -0.507 e. The molecule has 2 aromatic rings. The van der Waals surface area contributed by atoms with Crippen molar-refractivity contribution in [2.24, 2.45) is 0 Å². The van der Waals surface area contributed by atoms with Crippen LogP contribution in [-0.4, -0.2) is 12.2 Å². The molecular formula is C15H13F3O3. The Kier molecular flexibility index (Phi) is 4.26. The van der Waals surface area contributed by atoms with E-state index in [0.29, 0.717) is 17.1 Å². The Morgan fingerprint density at radius 3 is 2.14 bits per heavy atom. The summed E-state index contributed by atoms with van der Waals surface area (Å²) in [4.78, 5) is 0. The molecule has 0 aromatic heterocycles. The fraction of sp³-hybridized carbons (Fsp3) is 0.200. The molecule has 0 fully saturated rings. The number of aromatic hydroxyl groups is 1.